The molecule has 0 rings (SSSR count). The molecular weight excluding hydrogens is 617 g/mol. The summed E-state index contributed by atoms with van der Waals surface area (Å²) in [6.07, 6.45) is 30.0. The van der Waals surface area contributed by atoms with Gasteiger partial charge < -0.3 is 29.1 Å². The fourth-order valence-electron chi connectivity index (χ4n) is 5.49. The molecule has 10 heteroatoms. The van der Waals surface area contributed by atoms with Crippen molar-refractivity contribution in [1.82, 2.24) is 0 Å². The number of carbonyl (C=O) groups excluding carboxylic acids is 2. The predicted octanol–water partition coefficient (Wildman–Crippen LogP) is 9.86. The van der Waals surface area contributed by atoms with E-state index in [2.05, 4.69) is 13.8 Å². The van der Waals surface area contributed by atoms with Crippen molar-refractivity contribution in [3.63, 3.8) is 0 Å². The fourth-order valence-corrected chi connectivity index (χ4v) is 6.26. The Morgan fingerprint density at radius 3 is 1.34 bits per heavy atom. The molecule has 280 valence electrons. The SMILES string of the molecule is CCCCCCCCCCCCCCCC(=O)O[C@@H](COC(=O)CCCCCCCCCCCCCC)COP(=O)([O-])OCCCN. The third-order valence-corrected chi connectivity index (χ3v) is 9.43. The summed E-state index contributed by atoms with van der Waals surface area (Å²) in [5, 5.41) is 0. The van der Waals surface area contributed by atoms with Crippen LogP contribution in [0.3, 0.4) is 0 Å². The molecule has 2 N–H and O–H groups in total. The topological polar surface area (TPSA) is 137 Å². The average molecular weight is 691 g/mol. The first-order valence-electron chi connectivity index (χ1n) is 19.5. The quantitative estimate of drug-likeness (QED) is 0.0383. The molecule has 0 aromatic carbocycles. The molecule has 0 fully saturated rings. The van der Waals surface area contributed by atoms with Crippen LogP contribution in [0.15, 0.2) is 0 Å². The monoisotopic (exact) mass is 691 g/mol. The highest BCUT2D eigenvalue weighted by Crippen LogP contribution is 2.38. The predicted molar refractivity (Wildman–Crippen MR) is 190 cm³/mol. The van der Waals surface area contributed by atoms with Gasteiger partial charge in [0.05, 0.1) is 13.2 Å². The van der Waals surface area contributed by atoms with Gasteiger partial charge in [-0.1, -0.05) is 162 Å². The normalized spacial score (nSPS) is 13.4. The molecule has 0 aliphatic rings. The van der Waals surface area contributed by atoms with Gasteiger partial charge in [-0.25, -0.2) is 0 Å². The van der Waals surface area contributed by atoms with E-state index in [0.29, 0.717) is 12.8 Å². The molecule has 2 atom stereocenters. The smallest absolute Gasteiger partial charge is 0.306 e. The van der Waals surface area contributed by atoms with E-state index in [4.69, 9.17) is 24.3 Å². The summed E-state index contributed by atoms with van der Waals surface area (Å²) in [4.78, 5) is 36.9. The molecule has 0 amide bonds. The number of phosphoric acid groups is 1. The molecule has 0 aromatic rings. The van der Waals surface area contributed by atoms with Crippen molar-refractivity contribution in [3.8, 4) is 0 Å². The van der Waals surface area contributed by atoms with Crippen LogP contribution in [-0.2, 0) is 32.7 Å². The number of carbonyl (C=O) groups is 2. The van der Waals surface area contributed by atoms with Gasteiger partial charge in [0.2, 0.25) is 0 Å². The molecule has 0 spiro atoms. The molecule has 0 saturated heterocycles. The minimum atomic E-state index is -4.60. The van der Waals surface area contributed by atoms with Crippen molar-refractivity contribution in [3.05, 3.63) is 0 Å². The Morgan fingerprint density at radius 1 is 0.553 bits per heavy atom. The fraction of sp³-hybridized carbons (Fsp3) is 0.946. The molecule has 0 aliphatic heterocycles. The van der Waals surface area contributed by atoms with E-state index in [9.17, 15) is 19.0 Å². The van der Waals surface area contributed by atoms with Crippen molar-refractivity contribution < 1.29 is 37.6 Å². The maximum absolute atomic E-state index is 12.5. The zero-order chi connectivity index (χ0) is 34.7. The second-order valence-electron chi connectivity index (χ2n) is 13.1. The first kappa shape index (κ1) is 46.0. The third-order valence-electron chi connectivity index (χ3n) is 8.46. The van der Waals surface area contributed by atoms with E-state index >= 15 is 0 Å². The van der Waals surface area contributed by atoms with Crippen LogP contribution < -0.4 is 10.6 Å². The van der Waals surface area contributed by atoms with Crippen LogP contribution in [0.5, 0.6) is 0 Å². The van der Waals surface area contributed by atoms with Gasteiger partial charge in [0.25, 0.3) is 7.82 Å². The van der Waals surface area contributed by atoms with Gasteiger partial charge >= 0.3 is 11.9 Å². The molecule has 9 nitrogen and oxygen atoms in total. The Balaban J connectivity index is 4.25. The standard InChI is InChI=1S/C37H74NO8P/c1-3-5-7-9-11-13-15-17-19-21-23-25-27-30-37(40)46-35(34-45-47(41,42)44-32-28-31-38)33-43-36(39)29-26-24-22-20-18-16-14-12-10-8-6-4-2/h35H,3-34,38H2,1-2H3,(H,41,42)/p-1/t35-/m0/s1. The summed E-state index contributed by atoms with van der Waals surface area (Å²) in [6, 6.07) is 0. The second-order valence-corrected chi connectivity index (χ2v) is 14.6. The number of ether oxygens (including phenoxy) is 2. The Kier molecular flexibility index (Phi) is 34.1. The zero-order valence-corrected chi connectivity index (χ0v) is 31.4. The lowest BCUT2D eigenvalue weighted by Crippen LogP contribution is -2.30. The van der Waals surface area contributed by atoms with E-state index in [1.54, 1.807) is 0 Å². The van der Waals surface area contributed by atoms with Gasteiger partial charge in [-0.2, -0.15) is 0 Å². The van der Waals surface area contributed by atoms with E-state index in [1.807, 2.05) is 0 Å². The number of hydrogen-bond acceptors (Lipinski definition) is 9. The maximum Gasteiger partial charge on any atom is 0.306 e. The second kappa shape index (κ2) is 34.9. The lowest BCUT2D eigenvalue weighted by atomic mass is 10.0. The van der Waals surface area contributed by atoms with Crippen LogP contribution in [0.1, 0.15) is 194 Å². The zero-order valence-electron chi connectivity index (χ0n) is 30.5. The molecule has 0 aromatic heterocycles. The van der Waals surface area contributed by atoms with Gasteiger partial charge in [-0.3, -0.25) is 14.2 Å². The van der Waals surface area contributed by atoms with Gasteiger partial charge in [-0.05, 0) is 25.8 Å². The highest BCUT2D eigenvalue weighted by molar-refractivity contribution is 7.45. The third kappa shape index (κ3) is 34.7. The van der Waals surface area contributed by atoms with E-state index < -0.39 is 26.5 Å². The van der Waals surface area contributed by atoms with Crippen molar-refractivity contribution in [2.75, 3.05) is 26.4 Å². The Labute approximate surface area is 288 Å². The lowest BCUT2D eigenvalue weighted by Gasteiger charge is -2.25. The molecule has 47 heavy (non-hydrogen) atoms. The van der Waals surface area contributed by atoms with Crippen molar-refractivity contribution in [1.29, 1.82) is 0 Å². The largest absolute Gasteiger partial charge is 0.756 e. The summed E-state index contributed by atoms with van der Waals surface area (Å²) in [5.74, 6) is -0.845. The highest BCUT2D eigenvalue weighted by Gasteiger charge is 2.21. The number of unbranched alkanes of at least 4 members (excludes halogenated alkanes) is 23. The lowest BCUT2D eigenvalue weighted by molar-refractivity contribution is -0.228. The van der Waals surface area contributed by atoms with Crippen molar-refractivity contribution in [2.45, 2.75) is 200 Å². The van der Waals surface area contributed by atoms with E-state index in [1.165, 1.54) is 122 Å². The van der Waals surface area contributed by atoms with Crippen LogP contribution in [0.4, 0.5) is 0 Å². The maximum atomic E-state index is 12.5. The molecule has 0 saturated carbocycles. The molecule has 1 unspecified atom stereocenters. The van der Waals surface area contributed by atoms with E-state index in [-0.39, 0.29) is 38.6 Å². The molecule has 0 bridgehead atoms. The number of nitrogens with two attached hydrogens (primary N) is 1. The summed E-state index contributed by atoms with van der Waals surface area (Å²) < 4.78 is 32.6. The minimum absolute atomic E-state index is 0.0885. The molecule has 0 radical (unpaired) electrons. The number of rotatable bonds is 37. The van der Waals surface area contributed by atoms with Gasteiger partial charge in [0, 0.05) is 12.8 Å². The van der Waals surface area contributed by atoms with Crippen LogP contribution in [0.25, 0.3) is 0 Å². The Bertz CT molecular complexity index is 754. The van der Waals surface area contributed by atoms with Gasteiger partial charge in [-0.15, -0.1) is 0 Å². The molecular formula is C37H73NO8P-. The van der Waals surface area contributed by atoms with Crippen LogP contribution in [0.2, 0.25) is 0 Å². The number of phosphoric ester groups is 1. The van der Waals surface area contributed by atoms with Crippen molar-refractivity contribution in [2.24, 2.45) is 5.73 Å². The summed E-state index contributed by atoms with van der Waals surface area (Å²) in [5.41, 5.74) is 5.39. The van der Waals surface area contributed by atoms with Crippen LogP contribution in [0, 0.1) is 0 Å². The highest BCUT2D eigenvalue weighted by atomic mass is 31.2. The molecule has 0 aliphatic carbocycles. The number of hydrogen-bond donors (Lipinski definition) is 1. The van der Waals surface area contributed by atoms with Gasteiger partial charge in [0.1, 0.15) is 6.61 Å². The summed E-state index contributed by atoms with van der Waals surface area (Å²) in [6.45, 7) is 3.95. The Hall–Kier alpha value is -0.990. The van der Waals surface area contributed by atoms with Crippen LogP contribution >= 0.6 is 7.82 Å². The van der Waals surface area contributed by atoms with Crippen LogP contribution in [-0.4, -0.2) is 44.4 Å². The van der Waals surface area contributed by atoms with Gasteiger partial charge in [0.15, 0.2) is 6.10 Å². The number of esters is 2. The molecule has 0 heterocycles. The summed E-state index contributed by atoms with van der Waals surface area (Å²) in [7, 11) is -4.60. The first-order valence-corrected chi connectivity index (χ1v) is 21.0. The van der Waals surface area contributed by atoms with E-state index in [0.717, 1.165) is 32.1 Å². The first-order chi connectivity index (χ1) is 22.8. The van der Waals surface area contributed by atoms with Crippen molar-refractivity contribution >= 4 is 19.8 Å². The average Bonchev–Trinajstić information content (AvgIpc) is 3.05. The minimum Gasteiger partial charge on any atom is -0.756 e. The Morgan fingerprint density at radius 2 is 0.936 bits per heavy atom. The summed E-state index contributed by atoms with van der Waals surface area (Å²) >= 11 is 0.